The summed E-state index contributed by atoms with van der Waals surface area (Å²) in [6, 6.07) is 11.6. The van der Waals surface area contributed by atoms with Crippen LogP contribution in [0.2, 0.25) is 0 Å². The van der Waals surface area contributed by atoms with E-state index < -0.39 is 5.97 Å². The largest absolute Gasteiger partial charge is 0.477 e. The number of thiophene rings is 1. The minimum absolute atomic E-state index is 0.372. The lowest BCUT2D eigenvalue weighted by Gasteiger charge is -2.23. The van der Waals surface area contributed by atoms with Gasteiger partial charge < -0.3 is 10.0 Å². The van der Waals surface area contributed by atoms with Gasteiger partial charge in [0, 0.05) is 12.2 Å². The van der Waals surface area contributed by atoms with Gasteiger partial charge in [-0.25, -0.2) is 4.79 Å². The quantitative estimate of drug-likeness (QED) is 0.907. The molecule has 2 aromatic rings. The molecule has 0 fully saturated rings. The summed E-state index contributed by atoms with van der Waals surface area (Å²) >= 11 is 1.30. The van der Waals surface area contributed by atoms with Crippen LogP contribution in [0.5, 0.6) is 0 Å². The summed E-state index contributed by atoms with van der Waals surface area (Å²) in [4.78, 5) is 13.4. The van der Waals surface area contributed by atoms with Crippen LogP contribution in [0.15, 0.2) is 36.4 Å². The highest BCUT2D eigenvalue weighted by Crippen LogP contribution is 2.33. The van der Waals surface area contributed by atoms with Gasteiger partial charge in [-0.1, -0.05) is 18.2 Å². The third kappa shape index (κ3) is 2.38. The van der Waals surface area contributed by atoms with E-state index in [1.807, 2.05) is 18.2 Å². The second kappa shape index (κ2) is 5.23. The van der Waals surface area contributed by atoms with E-state index in [2.05, 4.69) is 30.9 Å². The first-order valence-corrected chi connectivity index (χ1v) is 6.61. The van der Waals surface area contributed by atoms with Crippen molar-refractivity contribution in [2.24, 2.45) is 0 Å². The molecule has 0 aliphatic carbocycles. The van der Waals surface area contributed by atoms with Crippen molar-refractivity contribution in [3.8, 4) is 0 Å². The predicted molar refractivity (Wildman–Crippen MR) is 75.1 cm³/mol. The average Bonchev–Trinajstić information content (AvgIpc) is 2.82. The fourth-order valence-electron chi connectivity index (χ4n) is 1.90. The van der Waals surface area contributed by atoms with Crippen LogP contribution in [0.25, 0.3) is 0 Å². The van der Waals surface area contributed by atoms with E-state index in [9.17, 15) is 4.79 Å². The van der Waals surface area contributed by atoms with Gasteiger partial charge in [0.05, 0.1) is 5.00 Å². The van der Waals surface area contributed by atoms with Gasteiger partial charge >= 0.3 is 5.97 Å². The number of hydrogen-bond acceptors (Lipinski definition) is 3. The van der Waals surface area contributed by atoms with E-state index in [4.69, 9.17) is 5.11 Å². The Labute approximate surface area is 110 Å². The molecule has 0 aliphatic heterocycles. The Bertz CT molecular complexity index is 562. The van der Waals surface area contributed by atoms with Crippen LogP contribution in [0.1, 0.15) is 22.2 Å². The molecule has 0 bridgehead atoms. The number of hydrogen-bond donors (Lipinski definition) is 1. The Hall–Kier alpha value is -1.81. The summed E-state index contributed by atoms with van der Waals surface area (Å²) in [5.41, 5.74) is 2.31. The number of rotatable bonds is 4. The highest BCUT2D eigenvalue weighted by atomic mass is 32.1. The maximum Gasteiger partial charge on any atom is 0.345 e. The molecule has 0 saturated carbocycles. The van der Waals surface area contributed by atoms with Gasteiger partial charge in [0.1, 0.15) is 4.88 Å². The fourth-order valence-corrected chi connectivity index (χ4v) is 2.82. The molecule has 1 heterocycles. The second-order valence-corrected chi connectivity index (χ2v) is 5.04. The van der Waals surface area contributed by atoms with Gasteiger partial charge in [-0.15, -0.1) is 11.3 Å². The van der Waals surface area contributed by atoms with Crippen LogP contribution < -0.4 is 4.90 Å². The van der Waals surface area contributed by atoms with E-state index >= 15 is 0 Å². The zero-order valence-corrected chi connectivity index (χ0v) is 11.2. The number of aromatic carboxylic acids is 1. The summed E-state index contributed by atoms with van der Waals surface area (Å²) in [7, 11) is 0. The van der Waals surface area contributed by atoms with Crippen molar-refractivity contribution >= 4 is 28.0 Å². The molecule has 0 spiro atoms. The summed E-state index contributed by atoms with van der Waals surface area (Å²) in [6.07, 6.45) is 0. The third-order valence-electron chi connectivity index (χ3n) is 2.79. The van der Waals surface area contributed by atoms with E-state index in [0.717, 1.165) is 17.2 Å². The molecule has 1 aromatic heterocycles. The van der Waals surface area contributed by atoms with Gasteiger partial charge in [0.25, 0.3) is 0 Å². The number of carboxylic acid groups (broad SMARTS) is 1. The number of para-hydroxylation sites is 1. The average molecular weight is 261 g/mol. The predicted octanol–water partition coefficient (Wildman–Crippen LogP) is 3.91. The Balaban J connectivity index is 2.39. The van der Waals surface area contributed by atoms with Crippen LogP contribution >= 0.6 is 11.3 Å². The Kier molecular flexibility index (Phi) is 3.67. The maximum absolute atomic E-state index is 10.9. The molecule has 0 atom stereocenters. The van der Waals surface area contributed by atoms with Crippen molar-refractivity contribution in [3.63, 3.8) is 0 Å². The van der Waals surface area contributed by atoms with E-state index in [0.29, 0.717) is 4.88 Å². The Morgan fingerprint density at radius 2 is 2.00 bits per heavy atom. The number of nitrogens with zero attached hydrogens (tertiary/aromatic N) is 1. The van der Waals surface area contributed by atoms with E-state index in [1.54, 1.807) is 6.07 Å². The third-order valence-corrected chi connectivity index (χ3v) is 3.89. The summed E-state index contributed by atoms with van der Waals surface area (Å²) in [6.45, 7) is 4.93. The standard InChI is InChI=1S/C14H15NO2S/c1-3-15(11-7-5-4-6-10(11)2)13-9-8-12(18-13)14(16)17/h4-9H,3H2,1-2H3,(H,16,17). The first-order valence-electron chi connectivity index (χ1n) is 5.79. The summed E-state index contributed by atoms with van der Waals surface area (Å²) in [5, 5.41) is 9.93. The van der Waals surface area contributed by atoms with Crippen LogP contribution in [-0.2, 0) is 0 Å². The molecule has 0 radical (unpaired) electrons. The molecule has 0 amide bonds. The highest BCUT2D eigenvalue weighted by molar-refractivity contribution is 7.17. The lowest BCUT2D eigenvalue weighted by molar-refractivity contribution is 0.0702. The Morgan fingerprint density at radius 3 is 2.56 bits per heavy atom. The summed E-state index contributed by atoms with van der Waals surface area (Å²) in [5.74, 6) is -0.868. The van der Waals surface area contributed by atoms with Crippen molar-refractivity contribution in [2.45, 2.75) is 13.8 Å². The second-order valence-electron chi connectivity index (χ2n) is 3.97. The molecule has 0 aliphatic rings. The number of carboxylic acids is 1. The molecule has 94 valence electrons. The molecule has 2 rings (SSSR count). The first kappa shape index (κ1) is 12.6. The van der Waals surface area contributed by atoms with Gasteiger partial charge in [-0.05, 0) is 37.6 Å². The minimum atomic E-state index is -0.868. The SMILES string of the molecule is CCN(c1ccc(C(=O)O)s1)c1ccccc1C. The summed E-state index contributed by atoms with van der Waals surface area (Å²) < 4.78 is 0. The normalized spacial score (nSPS) is 10.3. The van der Waals surface area contributed by atoms with Crippen LogP contribution in [-0.4, -0.2) is 17.6 Å². The minimum Gasteiger partial charge on any atom is -0.477 e. The number of carbonyl (C=O) groups is 1. The molecule has 0 unspecified atom stereocenters. The number of anilines is 2. The number of benzene rings is 1. The van der Waals surface area contributed by atoms with Crippen LogP contribution in [0.3, 0.4) is 0 Å². The van der Waals surface area contributed by atoms with Crippen LogP contribution in [0, 0.1) is 6.92 Å². The lowest BCUT2D eigenvalue weighted by atomic mass is 10.2. The van der Waals surface area contributed by atoms with Gasteiger partial charge in [-0.2, -0.15) is 0 Å². The Morgan fingerprint density at radius 1 is 1.28 bits per heavy atom. The van der Waals surface area contributed by atoms with E-state index in [1.165, 1.54) is 16.9 Å². The molecule has 0 saturated heterocycles. The van der Waals surface area contributed by atoms with E-state index in [-0.39, 0.29) is 0 Å². The fraction of sp³-hybridized carbons (Fsp3) is 0.214. The maximum atomic E-state index is 10.9. The van der Waals surface area contributed by atoms with Crippen molar-refractivity contribution in [1.29, 1.82) is 0 Å². The molecule has 18 heavy (non-hydrogen) atoms. The first-order chi connectivity index (χ1) is 8.63. The molecular weight excluding hydrogens is 246 g/mol. The highest BCUT2D eigenvalue weighted by Gasteiger charge is 2.14. The molecule has 1 aromatic carbocycles. The van der Waals surface area contributed by atoms with Crippen LogP contribution in [0.4, 0.5) is 10.7 Å². The lowest BCUT2D eigenvalue weighted by Crippen LogP contribution is -2.15. The smallest absolute Gasteiger partial charge is 0.345 e. The van der Waals surface area contributed by atoms with Gasteiger partial charge in [-0.3, -0.25) is 0 Å². The topological polar surface area (TPSA) is 40.5 Å². The molecule has 3 nitrogen and oxygen atoms in total. The number of aryl methyl sites for hydroxylation is 1. The van der Waals surface area contributed by atoms with Crippen molar-refractivity contribution in [3.05, 3.63) is 46.8 Å². The molecule has 4 heteroatoms. The monoisotopic (exact) mass is 261 g/mol. The van der Waals surface area contributed by atoms with Crippen molar-refractivity contribution < 1.29 is 9.90 Å². The zero-order chi connectivity index (χ0) is 13.1. The van der Waals surface area contributed by atoms with Gasteiger partial charge in [0.15, 0.2) is 0 Å². The molecular formula is C14H15NO2S. The van der Waals surface area contributed by atoms with Crippen molar-refractivity contribution in [1.82, 2.24) is 0 Å². The van der Waals surface area contributed by atoms with Crippen molar-refractivity contribution in [2.75, 3.05) is 11.4 Å². The zero-order valence-electron chi connectivity index (χ0n) is 10.4. The van der Waals surface area contributed by atoms with Gasteiger partial charge in [0.2, 0.25) is 0 Å². The molecule has 1 N–H and O–H groups in total.